The normalized spacial score (nSPS) is 17.8. The van der Waals surface area contributed by atoms with Crippen molar-refractivity contribution in [1.82, 2.24) is 9.88 Å². The molecule has 0 unspecified atom stereocenters. The summed E-state index contributed by atoms with van der Waals surface area (Å²) in [5.74, 6) is 1.04. The van der Waals surface area contributed by atoms with Gasteiger partial charge in [-0.3, -0.25) is 4.79 Å². The van der Waals surface area contributed by atoms with Crippen molar-refractivity contribution >= 4 is 17.1 Å². The predicted molar refractivity (Wildman–Crippen MR) is 80.0 cm³/mol. The number of hydrogen-bond acceptors (Lipinski definition) is 4. The molecule has 1 aliphatic rings. The Labute approximate surface area is 120 Å². The van der Waals surface area contributed by atoms with Gasteiger partial charge in [-0.1, -0.05) is 13.8 Å². The van der Waals surface area contributed by atoms with E-state index in [-0.39, 0.29) is 5.78 Å². The Hall–Kier alpha value is -0.740. The summed E-state index contributed by atoms with van der Waals surface area (Å²) in [7, 11) is 0. The molecule has 0 radical (unpaired) electrons. The molecule has 2 heterocycles. The van der Waals surface area contributed by atoms with E-state index in [2.05, 4.69) is 23.7 Å². The van der Waals surface area contributed by atoms with E-state index in [0.717, 1.165) is 40.9 Å². The number of ketones is 1. The number of piperidine rings is 1. The van der Waals surface area contributed by atoms with Crippen LogP contribution in [0.5, 0.6) is 0 Å². The summed E-state index contributed by atoms with van der Waals surface area (Å²) in [5, 5.41) is 1.13. The summed E-state index contributed by atoms with van der Waals surface area (Å²) in [6, 6.07) is 0. The Bertz CT molecular complexity index is 433. The molecular formula is C15H24N2OS. The van der Waals surface area contributed by atoms with Gasteiger partial charge in [0.1, 0.15) is 0 Å². The van der Waals surface area contributed by atoms with Crippen LogP contribution in [0.3, 0.4) is 0 Å². The predicted octanol–water partition coefficient (Wildman–Crippen LogP) is 3.18. The fourth-order valence-electron chi connectivity index (χ4n) is 2.56. The van der Waals surface area contributed by atoms with E-state index in [9.17, 15) is 4.79 Å². The van der Waals surface area contributed by atoms with Crippen molar-refractivity contribution in [2.24, 2.45) is 5.92 Å². The van der Waals surface area contributed by atoms with Crippen LogP contribution in [0.4, 0.5) is 0 Å². The van der Waals surface area contributed by atoms with Gasteiger partial charge in [0.05, 0.1) is 15.6 Å². The minimum absolute atomic E-state index is 0.160. The van der Waals surface area contributed by atoms with Gasteiger partial charge in [0.2, 0.25) is 0 Å². The minimum Gasteiger partial charge on any atom is -0.303 e. The molecule has 0 saturated carbocycles. The maximum Gasteiger partial charge on any atom is 0.171 e. The molecule has 1 aromatic heterocycles. The van der Waals surface area contributed by atoms with Crippen LogP contribution in [-0.2, 0) is 12.8 Å². The molecule has 4 heteroatoms. The number of thiazole rings is 1. The van der Waals surface area contributed by atoms with Crippen molar-refractivity contribution in [2.45, 2.75) is 46.5 Å². The molecule has 0 amide bonds. The topological polar surface area (TPSA) is 33.2 Å². The number of Topliss-reactive ketones (excluding diaryl/α,β-unsaturated/α-hetero) is 1. The number of hydrogen-bond donors (Lipinski definition) is 0. The van der Waals surface area contributed by atoms with Gasteiger partial charge in [-0.15, -0.1) is 11.3 Å². The summed E-state index contributed by atoms with van der Waals surface area (Å²) in [4.78, 5) is 19.6. The third-order valence-corrected chi connectivity index (χ3v) is 5.17. The number of aromatic nitrogens is 1. The van der Waals surface area contributed by atoms with Crippen LogP contribution in [0.15, 0.2) is 0 Å². The standard InChI is InChI=1S/C15H24N2OS/c1-4-13-15(12(3)18)19-14(16-13)7-10-17-8-5-11(2)6-9-17/h11H,4-10H2,1-3H3. The molecule has 0 spiro atoms. The van der Waals surface area contributed by atoms with Gasteiger partial charge < -0.3 is 4.90 Å². The molecule has 1 aromatic rings. The van der Waals surface area contributed by atoms with Crippen molar-refractivity contribution in [1.29, 1.82) is 0 Å². The molecular weight excluding hydrogens is 256 g/mol. The van der Waals surface area contributed by atoms with Crippen molar-refractivity contribution in [3.05, 3.63) is 15.6 Å². The zero-order chi connectivity index (χ0) is 13.8. The highest BCUT2D eigenvalue weighted by atomic mass is 32.1. The highest BCUT2D eigenvalue weighted by molar-refractivity contribution is 7.13. The van der Waals surface area contributed by atoms with Crippen molar-refractivity contribution in [2.75, 3.05) is 19.6 Å². The van der Waals surface area contributed by atoms with Gasteiger partial charge in [0, 0.05) is 19.9 Å². The molecule has 3 nitrogen and oxygen atoms in total. The summed E-state index contributed by atoms with van der Waals surface area (Å²) in [6.07, 6.45) is 4.47. The van der Waals surface area contributed by atoms with E-state index in [1.807, 2.05) is 0 Å². The first-order valence-corrected chi connectivity index (χ1v) is 8.13. The Morgan fingerprint density at radius 3 is 2.63 bits per heavy atom. The number of aryl methyl sites for hydroxylation is 1. The van der Waals surface area contributed by atoms with Gasteiger partial charge in [-0.2, -0.15) is 0 Å². The third-order valence-electron chi connectivity index (χ3n) is 3.91. The monoisotopic (exact) mass is 280 g/mol. The lowest BCUT2D eigenvalue weighted by atomic mass is 9.99. The van der Waals surface area contributed by atoms with Crippen molar-refractivity contribution < 1.29 is 4.79 Å². The highest BCUT2D eigenvalue weighted by Gasteiger charge is 2.17. The molecule has 1 aliphatic heterocycles. The first kappa shape index (κ1) is 14.7. The van der Waals surface area contributed by atoms with Gasteiger partial charge in [-0.05, 0) is 38.3 Å². The summed E-state index contributed by atoms with van der Waals surface area (Å²) < 4.78 is 0. The molecule has 2 rings (SSSR count). The highest BCUT2D eigenvalue weighted by Crippen LogP contribution is 2.21. The lowest BCUT2D eigenvalue weighted by molar-refractivity contribution is 0.102. The maximum atomic E-state index is 11.5. The van der Waals surface area contributed by atoms with Crippen LogP contribution in [0.2, 0.25) is 0 Å². The van der Waals surface area contributed by atoms with Crippen LogP contribution in [0, 0.1) is 5.92 Å². The quantitative estimate of drug-likeness (QED) is 0.777. The second kappa shape index (κ2) is 6.62. The van der Waals surface area contributed by atoms with Crippen LogP contribution in [-0.4, -0.2) is 35.3 Å². The molecule has 19 heavy (non-hydrogen) atoms. The maximum absolute atomic E-state index is 11.5. The molecule has 0 aliphatic carbocycles. The average Bonchev–Trinajstić information content (AvgIpc) is 2.81. The van der Waals surface area contributed by atoms with Gasteiger partial charge >= 0.3 is 0 Å². The zero-order valence-corrected chi connectivity index (χ0v) is 13.1. The van der Waals surface area contributed by atoms with E-state index >= 15 is 0 Å². The average molecular weight is 280 g/mol. The Morgan fingerprint density at radius 2 is 2.11 bits per heavy atom. The smallest absolute Gasteiger partial charge is 0.171 e. The number of nitrogens with zero attached hydrogens (tertiary/aromatic N) is 2. The van der Waals surface area contributed by atoms with Gasteiger partial charge in [-0.25, -0.2) is 4.98 Å². The van der Waals surface area contributed by atoms with Crippen LogP contribution < -0.4 is 0 Å². The molecule has 0 N–H and O–H groups in total. The number of carbonyl (C=O) groups excluding carboxylic acids is 1. The number of rotatable bonds is 5. The molecule has 0 bridgehead atoms. The van der Waals surface area contributed by atoms with E-state index < -0.39 is 0 Å². The molecule has 1 fully saturated rings. The summed E-state index contributed by atoms with van der Waals surface area (Å²) >= 11 is 1.59. The minimum atomic E-state index is 0.160. The van der Waals surface area contributed by atoms with E-state index in [0.29, 0.717) is 0 Å². The van der Waals surface area contributed by atoms with Gasteiger partial charge in [0.25, 0.3) is 0 Å². The molecule has 106 valence electrons. The summed E-state index contributed by atoms with van der Waals surface area (Å²) in [6.45, 7) is 9.56. The molecule has 0 atom stereocenters. The van der Waals surface area contributed by atoms with E-state index in [4.69, 9.17) is 0 Å². The van der Waals surface area contributed by atoms with Crippen LogP contribution in [0.25, 0.3) is 0 Å². The SMILES string of the molecule is CCc1nc(CCN2CCC(C)CC2)sc1C(C)=O. The van der Waals surface area contributed by atoms with Gasteiger partial charge in [0.15, 0.2) is 5.78 Å². The molecule has 1 saturated heterocycles. The fourth-order valence-corrected chi connectivity index (χ4v) is 3.60. The van der Waals surface area contributed by atoms with E-state index in [1.54, 1.807) is 18.3 Å². The van der Waals surface area contributed by atoms with E-state index in [1.165, 1.54) is 25.9 Å². The largest absolute Gasteiger partial charge is 0.303 e. The number of likely N-dealkylation sites (tertiary alicyclic amines) is 1. The second-order valence-electron chi connectivity index (χ2n) is 5.57. The fraction of sp³-hybridized carbons (Fsp3) is 0.733. The van der Waals surface area contributed by atoms with Crippen LogP contribution in [0.1, 0.15) is 54.0 Å². The van der Waals surface area contributed by atoms with Crippen LogP contribution >= 0.6 is 11.3 Å². The van der Waals surface area contributed by atoms with Crippen molar-refractivity contribution in [3.63, 3.8) is 0 Å². The Kier molecular flexibility index (Phi) is 5.11. The first-order chi connectivity index (χ1) is 9.10. The number of carbonyl (C=O) groups is 1. The Morgan fingerprint density at radius 1 is 1.42 bits per heavy atom. The second-order valence-corrected chi connectivity index (χ2v) is 6.65. The first-order valence-electron chi connectivity index (χ1n) is 7.32. The summed E-state index contributed by atoms with van der Waals surface area (Å²) in [5.41, 5.74) is 0.986. The zero-order valence-electron chi connectivity index (χ0n) is 12.2. The lowest BCUT2D eigenvalue weighted by Crippen LogP contribution is -2.34. The third kappa shape index (κ3) is 3.86. The molecule has 0 aromatic carbocycles. The lowest BCUT2D eigenvalue weighted by Gasteiger charge is -2.29. The Balaban J connectivity index is 1.91. The van der Waals surface area contributed by atoms with Crippen molar-refractivity contribution in [3.8, 4) is 0 Å².